The van der Waals surface area contributed by atoms with Crippen molar-refractivity contribution in [2.24, 2.45) is 5.92 Å². The first-order chi connectivity index (χ1) is 9.83. The number of nitrogens with zero attached hydrogens (tertiary/aromatic N) is 1. The average molecular weight is 290 g/mol. The number of carbonyl (C=O) groups excluding carboxylic acids is 1. The van der Waals surface area contributed by atoms with Crippen molar-refractivity contribution in [1.82, 2.24) is 4.90 Å². The third-order valence-corrected chi connectivity index (χ3v) is 3.74. The normalized spacial score (nSPS) is 16.8. The van der Waals surface area contributed by atoms with Gasteiger partial charge in [-0.25, -0.2) is 4.79 Å². The van der Waals surface area contributed by atoms with E-state index in [0.29, 0.717) is 5.92 Å². The maximum absolute atomic E-state index is 12.0. The highest BCUT2D eigenvalue weighted by Gasteiger charge is 2.26. The summed E-state index contributed by atoms with van der Waals surface area (Å²) in [5, 5.41) is 0. The Kier molecular flexibility index (Phi) is 4.76. The number of nitrogen functional groups attached to an aromatic ring is 1. The lowest BCUT2D eigenvalue weighted by atomic mass is 9.90. The third kappa shape index (κ3) is 4.96. The molecule has 0 bridgehead atoms. The second-order valence-corrected chi connectivity index (χ2v) is 6.86. The predicted molar refractivity (Wildman–Crippen MR) is 85.1 cm³/mol. The van der Waals surface area contributed by atoms with Gasteiger partial charge in [0.05, 0.1) is 0 Å². The van der Waals surface area contributed by atoms with E-state index in [1.165, 1.54) is 5.56 Å². The molecule has 0 radical (unpaired) electrons. The van der Waals surface area contributed by atoms with Gasteiger partial charge in [0, 0.05) is 18.8 Å². The number of piperidine rings is 1. The Balaban J connectivity index is 1.82. The summed E-state index contributed by atoms with van der Waals surface area (Å²) >= 11 is 0. The first kappa shape index (κ1) is 15.7. The van der Waals surface area contributed by atoms with Crippen LogP contribution in [-0.4, -0.2) is 29.7 Å². The Morgan fingerprint density at radius 1 is 1.33 bits per heavy atom. The smallest absolute Gasteiger partial charge is 0.410 e. The highest BCUT2D eigenvalue weighted by Crippen LogP contribution is 2.23. The molecule has 0 unspecified atom stereocenters. The first-order valence-electron chi connectivity index (χ1n) is 7.66. The molecule has 1 fully saturated rings. The predicted octanol–water partition coefficient (Wildman–Crippen LogP) is 3.46. The molecule has 0 saturated carbocycles. The van der Waals surface area contributed by atoms with Gasteiger partial charge in [0.2, 0.25) is 0 Å². The van der Waals surface area contributed by atoms with E-state index >= 15 is 0 Å². The number of hydrogen-bond donors (Lipinski definition) is 1. The standard InChI is InChI=1S/C17H26N2O2/c1-17(2,3)21-16(20)19-9-7-13(8-10-19)11-14-5-4-6-15(18)12-14/h4-6,12-13H,7-11,18H2,1-3H3. The van der Waals surface area contributed by atoms with Gasteiger partial charge in [-0.15, -0.1) is 0 Å². The SMILES string of the molecule is CC(C)(C)OC(=O)N1CCC(Cc2cccc(N)c2)CC1. The average Bonchev–Trinajstić information content (AvgIpc) is 2.37. The number of hydrogen-bond acceptors (Lipinski definition) is 3. The van der Waals surface area contributed by atoms with Gasteiger partial charge in [0.1, 0.15) is 5.60 Å². The molecule has 4 heteroatoms. The van der Waals surface area contributed by atoms with E-state index in [1.807, 2.05) is 43.9 Å². The summed E-state index contributed by atoms with van der Waals surface area (Å²) in [6.07, 6.45) is 2.89. The molecule has 0 atom stereocenters. The van der Waals surface area contributed by atoms with Crippen LogP contribution in [0.4, 0.5) is 10.5 Å². The first-order valence-corrected chi connectivity index (χ1v) is 7.66. The summed E-state index contributed by atoms with van der Waals surface area (Å²) < 4.78 is 5.42. The molecule has 2 N–H and O–H groups in total. The fourth-order valence-corrected chi connectivity index (χ4v) is 2.70. The van der Waals surface area contributed by atoms with Crippen LogP contribution in [0.5, 0.6) is 0 Å². The van der Waals surface area contributed by atoms with Gasteiger partial charge in [0.25, 0.3) is 0 Å². The van der Waals surface area contributed by atoms with Gasteiger partial charge in [-0.05, 0) is 63.6 Å². The molecule has 1 saturated heterocycles. The minimum atomic E-state index is -0.421. The maximum atomic E-state index is 12.0. The fourth-order valence-electron chi connectivity index (χ4n) is 2.70. The van der Waals surface area contributed by atoms with Crippen molar-refractivity contribution in [2.45, 2.75) is 45.6 Å². The lowest BCUT2D eigenvalue weighted by Gasteiger charge is -2.33. The summed E-state index contributed by atoms with van der Waals surface area (Å²) in [7, 11) is 0. The van der Waals surface area contributed by atoms with E-state index in [1.54, 1.807) is 0 Å². The molecule has 1 aromatic rings. The van der Waals surface area contributed by atoms with E-state index in [4.69, 9.17) is 10.5 Å². The van der Waals surface area contributed by atoms with Gasteiger partial charge in [-0.1, -0.05) is 12.1 Å². The minimum absolute atomic E-state index is 0.190. The van der Waals surface area contributed by atoms with Crippen LogP contribution in [0.25, 0.3) is 0 Å². The van der Waals surface area contributed by atoms with E-state index < -0.39 is 5.60 Å². The van der Waals surface area contributed by atoms with Crippen LogP contribution < -0.4 is 5.73 Å². The number of ether oxygens (including phenoxy) is 1. The molecule has 21 heavy (non-hydrogen) atoms. The molecule has 4 nitrogen and oxygen atoms in total. The Morgan fingerprint density at radius 3 is 2.57 bits per heavy atom. The lowest BCUT2D eigenvalue weighted by Crippen LogP contribution is -2.42. The highest BCUT2D eigenvalue weighted by molar-refractivity contribution is 5.68. The largest absolute Gasteiger partial charge is 0.444 e. The van der Waals surface area contributed by atoms with E-state index in [-0.39, 0.29) is 6.09 Å². The number of amides is 1. The minimum Gasteiger partial charge on any atom is -0.444 e. The Morgan fingerprint density at radius 2 is 2.00 bits per heavy atom. The van der Waals surface area contributed by atoms with E-state index in [9.17, 15) is 4.79 Å². The molecule has 1 aliphatic rings. The summed E-state index contributed by atoms with van der Waals surface area (Å²) in [4.78, 5) is 13.8. The van der Waals surface area contributed by atoms with Crippen molar-refractivity contribution in [2.75, 3.05) is 18.8 Å². The third-order valence-electron chi connectivity index (χ3n) is 3.74. The van der Waals surface area contributed by atoms with Crippen LogP contribution in [0.15, 0.2) is 24.3 Å². The summed E-state index contributed by atoms with van der Waals surface area (Å²) in [5.74, 6) is 0.616. The molecule has 0 aromatic heterocycles. The van der Waals surface area contributed by atoms with Crippen molar-refractivity contribution in [3.05, 3.63) is 29.8 Å². The molecule has 2 rings (SSSR count). The number of benzene rings is 1. The summed E-state index contributed by atoms with van der Waals surface area (Å²) in [5.41, 5.74) is 7.49. The van der Waals surface area contributed by atoms with Crippen molar-refractivity contribution < 1.29 is 9.53 Å². The van der Waals surface area contributed by atoms with Crippen LogP contribution in [0, 0.1) is 5.92 Å². The van der Waals surface area contributed by atoms with E-state index in [0.717, 1.165) is 38.0 Å². The number of carbonyl (C=O) groups is 1. The number of rotatable bonds is 2. The molecule has 1 aliphatic heterocycles. The molecular formula is C17H26N2O2. The zero-order chi connectivity index (χ0) is 15.5. The van der Waals surface area contributed by atoms with Crippen LogP contribution in [0.1, 0.15) is 39.2 Å². The van der Waals surface area contributed by atoms with Crippen LogP contribution in [0.3, 0.4) is 0 Å². The lowest BCUT2D eigenvalue weighted by molar-refractivity contribution is 0.0184. The topological polar surface area (TPSA) is 55.6 Å². The van der Waals surface area contributed by atoms with Crippen molar-refractivity contribution in [3.8, 4) is 0 Å². The van der Waals surface area contributed by atoms with Crippen LogP contribution >= 0.6 is 0 Å². The van der Waals surface area contributed by atoms with Gasteiger partial charge in [0.15, 0.2) is 0 Å². The molecule has 0 aliphatic carbocycles. The highest BCUT2D eigenvalue weighted by atomic mass is 16.6. The van der Waals surface area contributed by atoms with Gasteiger partial charge in [-0.2, -0.15) is 0 Å². The zero-order valence-corrected chi connectivity index (χ0v) is 13.3. The van der Waals surface area contributed by atoms with Crippen LogP contribution in [-0.2, 0) is 11.2 Å². The summed E-state index contributed by atoms with van der Waals surface area (Å²) in [6, 6.07) is 8.08. The van der Waals surface area contributed by atoms with Crippen molar-refractivity contribution >= 4 is 11.8 Å². The Labute approximate surface area is 127 Å². The molecular weight excluding hydrogens is 264 g/mol. The van der Waals surface area contributed by atoms with Gasteiger partial charge < -0.3 is 15.4 Å². The second-order valence-electron chi connectivity index (χ2n) is 6.86. The molecule has 0 spiro atoms. The molecule has 1 heterocycles. The fraction of sp³-hybridized carbons (Fsp3) is 0.588. The van der Waals surface area contributed by atoms with Crippen LogP contribution in [0.2, 0.25) is 0 Å². The zero-order valence-electron chi connectivity index (χ0n) is 13.3. The number of anilines is 1. The number of likely N-dealkylation sites (tertiary alicyclic amines) is 1. The van der Waals surface area contributed by atoms with Gasteiger partial charge >= 0.3 is 6.09 Å². The van der Waals surface area contributed by atoms with Crippen molar-refractivity contribution in [3.63, 3.8) is 0 Å². The van der Waals surface area contributed by atoms with E-state index in [2.05, 4.69) is 6.07 Å². The molecule has 1 amide bonds. The molecule has 1 aromatic carbocycles. The summed E-state index contributed by atoms with van der Waals surface area (Å²) in [6.45, 7) is 7.26. The second kappa shape index (κ2) is 6.37. The Hall–Kier alpha value is -1.71. The monoisotopic (exact) mass is 290 g/mol. The molecule has 116 valence electrons. The van der Waals surface area contributed by atoms with Gasteiger partial charge in [-0.3, -0.25) is 0 Å². The Bertz CT molecular complexity index is 486. The maximum Gasteiger partial charge on any atom is 0.410 e. The number of nitrogens with two attached hydrogens (primary N) is 1. The van der Waals surface area contributed by atoms with Crippen molar-refractivity contribution in [1.29, 1.82) is 0 Å². The quantitative estimate of drug-likeness (QED) is 0.849.